The highest BCUT2D eigenvalue weighted by Crippen LogP contribution is 2.22. The number of benzene rings is 1. The van der Waals surface area contributed by atoms with Crippen LogP contribution in [0.2, 0.25) is 10.0 Å². The van der Waals surface area contributed by atoms with Gasteiger partial charge in [-0.1, -0.05) is 29.6 Å². The lowest BCUT2D eigenvalue weighted by molar-refractivity contribution is -0.126. The third-order valence-electron chi connectivity index (χ3n) is 3.44. The van der Waals surface area contributed by atoms with Gasteiger partial charge in [-0.25, -0.2) is 0 Å². The summed E-state index contributed by atoms with van der Waals surface area (Å²) in [6.07, 6.45) is 2.61. The lowest BCUT2D eigenvalue weighted by Crippen LogP contribution is -2.50. The maximum atomic E-state index is 12.1. The maximum absolute atomic E-state index is 12.1. The maximum Gasteiger partial charge on any atom is 0.238 e. The van der Waals surface area contributed by atoms with Crippen molar-refractivity contribution in [3.8, 4) is 0 Å². The van der Waals surface area contributed by atoms with Crippen LogP contribution in [0.15, 0.2) is 18.2 Å². The van der Waals surface area contributed by atoms with Crippen molar-refractivity contribution in [1.82, 2.24) is 4.90 Å². The zero-order chi connectivity index (χ0) is 15.4. The molecule has 1 saturated heterocycles. The van der Waals surface area contributed by atoms with E-state index in [1.165, 1.54) is 0 Å². The number of rotatable bonds is 4. The van der Waals surface area contributed by atoms with Crippen molar-refractivity contribution in [3.63, 3.8) is 0 Å². The Bertz CT molecular complexity index is 531. The van der Waals surface area contributed by atoms with Crippen molar-refractivity contribution in [2.24, 2.45) is 5.73 Å². The van der Waals surface area contributed by atoms with Gasteiger partial charge >= 0.3 is 0 Å². The minimum atomic E-state index is -0.381. The molecule has 0 aromatic heterocycles. The standard InChI is InChI=1S/C14H17Cl2N3O2/c15-9-5-10(16)7-11(6-9)18-13(20)8-19-4-2-1-3-12(19)14(17)21/h5-7,12H,1-4,8H2,(H2,17,21)(H,18,20)/t12-/m1/s1. The van der Waals surface area contributed by atoms with Crippen LogP contribution >= 0.6 is 23.2 Å². The second-order valence-corrected chi connectivity index (χ2v) is 5.96. The fraction of sp³-hybridized carbons (Fsp3) is 0.429. The van der Waals surface area contributed by atoms with E-state index in [1.807, 2.05) is 4.90 Å². The van der Waals surface area contributed by atoms with E-state index < -0.39 is 0 Å². The molecule has 21 heavy (non-hydrogen) atoms. The quantitative estimate of drug-likeness (QED) is 0.889. The molecule has 3 N–H and O–H groups in total. The predicted molar refractivity (Wildman–Crippen MR) is 83.5 cm³/mol. The number of nitrogens with one attached hydrogen (secondary N) is 1. The van der Waals surface area contributed by atoms with Gasteiger partial charge in [0.15, 0.2) is 0 Å². The minimum absolute atomic E-state index is 0.123. The SMILES string of the molecule is NC(=O)[C@H]1CCCCN1CC(=O)Nc1cc(Cl)cc(Cl)c1. The minimum Gasteiger partial charge on any atom is -0.368 e. The first-order valence-electron chi connectivity index (χ1n) is 6.75. The highest BCUT2D eigenvalue weighted by Gasteiger charge is 2.28. The molecule has 0 saturated carbocycles. The number of carbonyl (C=O) groups is 2. The summed E-state index contributed by atoms with van der Waals surface area (Å²) in [6, 6.07) is 4.46. The van der Waals surface area contributed by atoms with Gasteiger partial charge in [-0.3, -0.25) is 14.5 Å². The number of amides is 2. The summed E-state index contributed by atoms with van der Waals surface area (Å²) in [5.41, 5.74) is 5.91. The summed E-state index contributed by atoms with van der Waals surface area (Å²) in [5.74, 6) is -0.602. The summed E-state index contributed by atoms with van der Waals surface area (Å²) in [6.45, 7) is 0.815. The van der Waals surface area contributed by atoms with Crippen LogP contribution in [-0.2, 0) is 9.59 Å². The molecule has 1 aromatic rings. The predicted octanol–water partition coefficient (Wildman–Crippen LogP) is 2.27. The van der Waals surface area contributed by atoms with Gasteiger partial charge in [0.25, 0.3) is 0 Å². The number of nitrogens with zero attached hydrogens (tertiary/aromatic N) is 1. The van der Waals surface area contributed by atoms with Crippen molar-refractivity contribution < 1.29 is 9.59 Å². The zero-order valence-electron chi connectivity index (χ0n) is 11.4. The van der Waals surface area contributed by atoms with E-state index in [1.54, 1.807) is 18.2 Å². The van der Waals surface area contributed by atoms with E-state index in [2.05, 4.69) is 5.32 Å². The van der Waals surface area contributed by atoms with Gasteiger partial charge in [0.1, 0.15) is 0 Å². The van der Waals surface area contributed by atoms with Gasteiger partial charge < -0.3 is 11.1 Å². The van der Waals surface area contributed by atoms with Crippen molar-refractivity contribution in [2.45, 2.75) is 25.3 Å². The summed E-state index contributed by atoms with van der Waals surface area (Å²) >= 11 is 11.8. The summed E-state index contributed by atoms with van der Waals surface area (Å²) in [4.78, 5) is 25.3. The molecule has 114 valence electrons. The van der Waals surface area contributed by atoms with Crippen LogP contribution in [0, 0.1) is 0 Å². The Hall–Kier alpha value is -1.30. The van der Waals surface area contributed by atoms with Crippen LogP contribution in [0.1, 0.15) is 19.3 Å². The van der Waals surface area contributed by atoms with E-state index in [4.69, 9.17) is 28.9 Å². The number of nitrogens with two attached hydrogens (primary N) is 1. The number of hydrogen-bond acceptors (Lipinski definition) is 3. The van der Waals surface area contributed by atoms with Crippen LogP contribution in [0.5, 0.6) is 0 Å². The Balaban J connectivity index is 1.98. The lowest BCUT2D eigenvalue weighted by atomic mass is 10.0. The number of piperidine rings is 1. The van der Waals surface area contributed by atoms with Gasteiger partial charge in [-0.15, -0.1) is 0 Å². The van der Waals surface area contributed by atoms with Crippen LogP contribution in [-0.4, -0.2) is 35.8 Å². The van der Waals surface area contributed by atoms with Gasteiger partial charge in [0.05, 0.1) is 12.6 Å². The Morgan fingerprint density at radius 3 is 2.52 bits per heavy atom. The van der Waals surface area contributed by atoms with Crippen LogP contribution in [0.25, 0.3) is 0 Å². The molecule has 1 aliphatic heterocycles. The Labute approximate surface area is 133 Å². The van der Waals surface area contributed by atoms with Crippen LogP contribution < -0.4 is 11.1 Å². The molecular weight excluding hydrogens is 313 g/mol. The van der Waals surface area contributed by atoms with E-state index in [-0.39, 0.29) is 24.4 Å². The first-order valence-corrected chi connectivity index (χ1v) is 7.50. The molecular formula is C14H17Cl2N3O2. The first-order chi connectivity index (χ1) is 9.95. The number of anilines is 1. The topological polar surface area (TPSA) is 75.4 Å². The Morgan fingerprint density at radius 1 is 1.24 bits per heavy atom. The molecule has 0 spiro atoms. The van der Waals surface area contributed by atoms with Gasteiger partial charge in [-0.05, 0) is 37.6 Å². The number of hydrogen-bond donors (Lipinski definition) is 2. The molecule has 2 rings (SSSR count). The second-order valence-electron chi connectivity index (χ2n) is 5.09. The fourth-order valence-electron chi connectivity index (χ4n) is 2.51. The summed E-state index contributed by atoms with van der Waals surface area (Å²) in [5, 5.41) is 3.63. The largest absolute Gasteiger partial charge is 0.368 e. The molecule has 2 amide bonds. The van der Waals surface area contributed by atoms with Gasteiger partial charge in [0, 0.05) is 15.7 Å². The van der Waals surface area contributed by atoms with Crippen molar-refractivity contribution in [2.75, 3.05) is 18.4 Å². The normalized spacial score (nSPS) is 19.2. The molecule has 5 nitrogen and oxygen atoms in total. The zero-order valence-corrected chi connectivity index (χ0v) is 13.0. The molecule has 1 heterocycles. The summed E-state index contributed by atoms with van der Waals surface area (Å²) in [7, 11) is 0. The van der Waals surface area contributed by atoms with Crippen molar-refractivity contribution >= 4 is 40.7 Å². The highest BCUT2D eigenvalue weighted by molar-refractivity contribution is 6.35. The monoisotopic (exact) mass is 329 g/mol. The second kappa shape index (κ2) is 7.11. The molecule has 7 heteroatoms. The lowest BCUT2D eigenvalue weighted by Gasteiger charge is -2.32. The van der Waals surface area contributed by atoms with E-state index in [0.29, 0.717) is 28.7 Å². The van der Waals surface area contributed by atoms with Crippen LogP contribution in [0.4, 0.5) is 5.69 Å². The molecule has 0 radical (unpaired) electrons. The molecule has 1 aromatic carbocycles. The van der Waals surface area contributed by atoms with Gasteiger partial charge in [-0.2, -0.15) is 0 Å². The average Bonchev–Trinajstić information content (AvgIpc) is 2.37. The Kier molecular flexibility index (Phi) is 5.45. The smallest absolute Gasteiger partial charge is 0.238 e. The van der Waals surface area contributed by atoms with E-state index in [9.17, 15) is 9.59 Å². The average molecular weight is 330 g/mol. The van der Waals surface area contributed by atoms with E-state index >= 15 is 0 Å². The van der Waals surface area contributed by atoms with E-state index in [0.717, 1.165) is 12.8 Å². The third-order valence-corrected chi connectivity index (χ3v) is 3.87. The highest BCUT2D eigenvalue weighted by atomic mass is 35.5. The molecule has 0 aliphatic carbocycles. The number of halogens is 2. The number of carbonyl (C=O) groups excluding carboxylic acids is 2. The molecule has 0 bridgehead atoms. The molecule has 1 fully saturated rings. The van der Waals surface area contributed by atoms with Crippen LogP contribution in [0.3, 0.4) is 0 Å². The van der Waals surface area contributed by atoms with Crippen molar-refractivity contribution in [1.29, 1.82) is 0 Å². The summed E-state index contributed by atoms with van der Waals surface area (Å²) < 4.78 is 0. The Morgan fingerprint density at radius 2 is 1.90 bits per heavy atom. The molecule has 1 aliphatic rings. The first kappa shape index (κ1) is 16.1. The fourth-order valence-corrected chi connectivity index (χ4v) is 3.04. The molecule has 1 atom stereocenters. The molecule has 0 unspecified atom stereocenters. The number of primary amides is 1. The van der Waals surface area contributed by atoms with Gasteiger partial charge in [0.2, 0.25) is 11.8 Å². The number of likely N-dealkylation sites (tertiary alicyclic amines) is 1. The van der Waals surface area contributed by atoms with Crippen molar-refractivity contribution in [3.05, 3.63) is 28.2 Å². The third kappa shape index (κ3) is 4.59.